The topological polar surface area (TPSA) is 92.3 Å². The van der Waals surface area contributed by atoms with E-state index in [2.05, 4.69) is 29.6 Å². The number of nitrogens with one attached hydrogen (secondary N) is 2. The van der Waals surface area contributed by atoms with Crippen LogP contribution in [0.2, 0.25) is 0 Å². The van der Waals surface area contributed by atoms with Gasteiger partial charge in [0.15, 0.2) is 11.5 Å². The molecule has 1 aliphatic rings. The quantitative estimate of drug-likeness (QED) is 0.472. The minimum atomic E-state index is -0.352. The molecule has 0 bridgehead atoms. The molecule has 2 aromatic rings. The lowest BCUT2D eigenvalue weighted by molar-refractivity contribution is -0.122. The number of piperidine rings is 1. The van der Waals surface area contributed by atoms with Crippen molar-refractivity contribution in [2.24, 2.45) is 11.0 Å². The smallest absolute Gasteiger partial charge is 0.248 e. The van der Waals surface area contributed by atoms with E-state index in [1.165, 1.54) is 6.92 Å². The van der Waals surface area contributed by atoms with Crippen LogP contribution in [0.1, 0.15) is 52.0 Å². The van der Waals surface area contributed by atoms with Gasteiger partial charge in [0.1, 0.15) is 6.04 Å². The predicted molar refractivity (Wildman–Crippen MR) is 139 cm³/mol. The second-order valence-corrected chi connectivity index (χ2v) is 9.11. The first-order chi connectivity index (χ1) is 16.9. The van der Waals surface area contributed by atoms with Crippen LogP contribution in [0.4, 0.5) is 11.4 Å². The third-order valence-corrected chi connectivity index (χ3v) is 5.75. The molecule has 0 aromatic heterocycles. The molecular weight excluding hydrogens is 444 g/mol. The second kappa shape index (κ2) is 12.8. The SMILES string of the molecule is COc1ccc(/C=N/N2CCCCC2C(=O)Nc2ccc(NC(C)=O)cc2)cc1OCCC(C)C. The maximum Gasteiger partial charge on any atom is 0.248 e. The number of carbonyl (C=O) groups is 2. The van der Waals surface area contributed by atoms with Crippen LogP contribution in [0.3, 0.4) is 0 Å². The zero-order valence-corrected chi connectivity index (χ0v) is 21.0. The molecule has 2 amide bonds. The molecule has 2 N–H and O–H groups in total. The van der Waals surface area contributed by atoms with Gasteiger partial charge in [-0.05, 0) is 79.6 Å². The minimum absolute atomic E-state index is 0.0958. The summed E-state index contributed by atoms with van der Waals surface area (Å²) in [6, 6.07) is 12.4. The van der Waals surface area contributed by atoms with E-state index in [4.69, 9.17) is 9.47 Å². The van der Waals surface area contributed by atoms with Crippen LogP contribution in [0, 0.1) is 5.92 Å². The predicted octanol–water partition coefficient (Wildman–Crippen LogP) is 4.91. The largest absolute Gasteiger partial charge is 0.493 e. The molecular formula is C27H36N4O4. The third kappa shape index (κ3) is 8.02. The number of methoxy groups -OCH3 is 1. The van der Waals surface area contributed by atoms with Gasteiger partial charge in [-0.3, -0.25) is 14.6 Å². The molecule has 0 spiro atoms. The molecule has 0 radical (unpaired) electrons. The van der Waals surface area contributed by atoms with E-state index in [1.54, 1.807) is 37.6 Å². The van der Waals surface area contributed by atoms with Gasteiger partial charge in [0, 0.05) is 24.8 Å². The number of ether oxygens (including phenoxy) is 2. The first kappa shape index (κ1) is 26.1. The molecule has 1 unspecified atom stereocenters. The van der Waals surface area contributed by atoms with E-state index in [9.17, 15) is 9.59 Å². The van der Waals surface area contributed by atoms with Crippen molar-refractivity contribution in [1.82, 2.24) is 5.01 Å². The Morgan fingerprint density at radius 1 is 1.09 bits per heavy atom. The van der Waals surface area contributed by atoms with E-state index in [1.807, 2.05) is 23.2 Å². The summed E-state index contributed by atoms with van der Waals surface area (Å²) >= 11 is 0. The number of nitrogens with zero attached hydrogens (tertiary/aromatic N) is 2. The summed E-state index contributed by atoms with van der Waals surface area (Å²) in [6.45, 7) is 7.12. The maximum atomic E-state index is 13.0. The standard InChI is InChI=1S/C27H36N4O4/c1-19(2)14-16-35-26-17-21(8-13-25(26)34-4)18-28-31-15-6-5-7-24(31)27(33)30-23-11-9-22(10-12-23)29-20(3)32/h8-13,17-19,24H,5-7,14-16H2,1-4H3,(H,29,32)(H,30,33)/b28-18+. The Morgan fingerprint density at radius 2 is 1.80 bits per heavy atom. The second-order valence-electron chi connectivity index (χ2n) is 9.11. The van der Waals surface area contributed by atoms with E-state index in [-0.39, 0.29) is 17.9 Å². The number of carbonyl (C=O) groups excluding carboxylic acids is 2. The zero-order chi connectivity index (χ0) is 25.2. The van der Waals surface area contributed by atoms with Gasteiger partial charge < -0.3 is 20.1 Å². The Hall–Kier alpha value is -3.55. The Kier molecular flexibility index (Phi) is 9.52. The van der Waals surface area contributed by atoms with Crippen LogP contribution in [0.15, 0.2) is 47.6 Å². The molecule has 35 heavy (non-hydrogen) atoms. The Morgan fingerprint density at radius 3 is 2.46 bits per heavy atom. The highest BCUT2D eigenvalue weighted by Crippen LogP contribution is 2.28. The van der Waals surface area contributed by atoms with Crippen molar-refractivity contribution in [3.63, 3.8) is 0 Å². The molecule has 1 fully saturated rings. The van der Waals surface area contributed by atoms with Crippen molar-refractivity contribution in [3.8, 4) is 11.5 Å². The van der Waals surface area contributed by atoms with Crippen LogP contribution < -0.4 is 20.1 Å². The van der Waals surface area contributed by atoms with E-state index in [0.29, 0.717) is 41.9 Å². The fourth-order valence-electron chi connectivity index (χ4n) is 3.82. The lowest BCUT2D eigenvalue weighted by Gasteiger charge is -2.32. The van der Waals surface area contributed by atoms with Crippen molar-refractivity contribution in [3.05, 3.63) is 48.0 Å². The molecule has 2 aromatic carbocycles. The molecule has 8 nitrogen and oxygen atoms in total. The zero-order valence-electron chi connectivity index (χ0n) is 21.0. The first-order valence-electron chi connectivity index (χ1n) is 12.2. The number of anilines is 2. The number of benzene rings is 2. The molecule has 188 valence electrons. The normalized spacial score (nSPS) is 15.8. The van der Waals surface area contributed by atoms with Gasteiger partial charge in [-0.15, -0.1) is 0 Å². The summed E-state index contributed by atoms with van der Waals surface area (Å²) in [4.78, 5) is 24.2. The first-order valence-corrected chi connectivity index (χ1v) is 12.2. The van der Waals surface area contributed by atoms with Gasteiger partial charge in [0.25, 0.3) is 0 Å². The lowest BCUT2D eigenvalue weighted by Crippen LogP contribution is -2.44. The Bertz CT molecular complexity index is 1020. The lowest BCUT2D eigenvalue weighted by atomic mass is 10.0. The minimum Gasteiger partial charge on any atom is -0.493 e. The summed E-state index contributed by atoms with van der Waals surface area (Å²) in [5, 5.41) is 12.2. The number of hydrazone groups is 1. The molecule has 0 saturated carbocycles. The fourth-order valence-corrected chi connectivity index (χ4v) is 3.82. The van der Waals surface area contributed by atoms with E-state index < -0.39 is 0 Å². The monoisotopic (exact) mass is 480 g/mol. The molecule has 8 heteroatoms. The van der Waals surface area contributed by atoms with Crippen LogP contribution in [-0.4, -0.2) is 49.3 Å². The van der Waals surface area contributed by atoms with Crippen molar-refractivity contribution in [2.45, 2.75) is 52.5 Å². The molecule has 1 atom stereocenters. The fraction of sp³-hybridized carbons (Fsp3) is 0.444. The molecule has 3 rings (SSSR count). The highest BCUT2D eigenvalue weighted by atomic mass is 16.5. The maximum absolute atomic E-state index is 13.0. The summed E-state index contributed by atoms with van der Waals surface area (Å²) < 4.78 is 11.4. The van der Waals surface area contributed by atoms with Crippen molar-refractivity contribution in [2.75, 3.05) is 30.9 Å². The summed E-state index contributed by atoms with van der Waals surface area (Å²) in [7, 11) is 1.63. The van der Waals surface area contributed by atoms with E-state index >= 15 is 0 Å². The average molecular weight is 481 g/mol. The van der Waals surface area contributed by atoms with Gasteiger partial charge in [0.05, 0.1) is 19.9 Å². The third-order valence-electron chi connectivity index (χ3n) is 5.75. The highest BCUT2D eigenvalue weighted by molar-refractivity contribution is 5.95. The van der Waals surface area contributed by atoms with Crippen molar-refractivity contribution in [1.29, 1.82) is 0 Å². The van der Waals surface area contributed by atoms with Gasteiger partial charge in [-0.25, -0.2) is 0 Å². The molecule has 1 saturated heterocycles. The number of amides is 2. The highest BCUT2D eigenvalue weighted by Gasteiger charge is 2.28. The molecule has 1 heterocycles. The molecule has 0 aliphatic carbocycles. The summed E-state index contributed by atoms with van der Waals surface area (Å²) in [5.41, 5.74) is 2.24. The van der Waals surface area contributed by atoms with Crippen LogP contribution in [0.25, 0.3) is 0 Å². The Balaban J connectivity index is 1.66. The summed E-state index contributed by atoms with van der Waals surface area (Å²) in [5.74, 6) is 1.70. The molecule has 1 aliphatic heterocycles. The van der Waals surface area contributed by atoms with Crippen LogP contribution >= 0.6 is 0 Å². The number of rotatable bonds is 10. The number of hydrogen-bond acceptors (Lipinski definition) is 6. The van der Waals surface area contributed by atoms with Gasteiger partial charge in [-0.2, -0.15) is 5.10 Å². The van der Waals surface area contributed by atoms with Crippen LogP contribution in [0.5, 0.6) is 11.5 Å². The Labute approximate surface area is 207 Å². The van der Waals surface area contributed by atoms with Gasteiger partial charge in [-0.1, -0.05) is 13.8 Å². The van der Waals surface area contributed by atoms with Crippen LogP contribution in [-0.2, 0) is 9.59 Å². The van der Waals surface area contributed by atoms with Crippen molar-refractivity contribution < 1.29 is 19.1 Å². The van der Waals surface area contributed by atoms with E-state index in [0.717, 1.165) is 31.2 Å². The van der Waals surface area contributed by atoms with Crippen molar-refractivity contribution >= 4 is 29.4 Å². The summed E-state index contributed by atoms with van der Waals surface area (Å²) in [6.07, 6.45) is 5.42. The van der Waals surface area contributed by atoms with Gasteiger partial charge in [0.2, 0.25) is 11.8 Å². The number of hydrogen-bond donors (Lipinski definition) is 2. The average Bonchev–Trinajstić information content (AvgIpc) is 2.83. The van der Waals surface area contributed by atoms with Gasteiger partial charge >= 0.3 is 0 Å².